The van der Waals surface area contributed by atoms with Crippen molar-refractivity contribution in [2.75, 3.05) is 44.4 Å². The van der Waals surface area contributed by atoms with Crippen LogP contribution in [0, 0.1) is 0 Å². The molecule has 2 aromatic rings. The predicted octanol–water partition coefficient (Wildman–Crippen LogP) is 0.695. The number of piperidine rings is 1. The maximum Gasteiger partial charge on any atom is 0.220 e. The van der Waals surface area contributed by atoms with Gasteiger partial charge in [-0.25, -0.2) is 0 Å². The van der Waals surface area contributed by atoms with E-state index >= 15 is 0 Å². The number of anilines is 1. The van der Waals surface area contributed by atoms with Gasteiger partial charge in [0, 0.05) is 51.9 Å². The summed E-state index contributed by atoms with van der Waals surface area (Å²) in [5.74, 6) is 1.16. The van der Waals surface area contributed by atoms with Crippen molar-refractivity contribution in [2.24, 2.45) is 0 Å². The Morgan fingerprint density at radius 1 is 1.17 bits per heavy atom. The van der Waals surface area contributed by atoms with Gasteiger partial charge in [0.15, 0.2) is 17.3 Å². The van der Waals surface area contributed by atoms with Crippen LogP contribution in [0.3, 0.4) is 0 Å². The Morgan fingerprint density at radius 3 is 2.77 bits per heavy atom. The predicted molar refractivity (Wildman–Crippen MR) is 107 cm³/mol. The lowest BCUT2D eigenvalue weighted by atomic mass is 10.0. The highest BCUT2D eigenvalue weighted by Crippen LogP contribution is 2.32. The molecule has 3 aliphatic rings. The molecule has 1 spiro atoms. The lowest BCUT2D eigenvalue weighted by molar-refractivity contribution is -0.169. The molecule has 1 N–H and O–H groups in total. The SMILES string of the molecule is O=C(CCc1nnc2ccc(N3CCC4(CC3)OCCO4)nn12)NC[C@@H]1CCCO1. The van der Waals surface area contributed by atoms with E-state index in [1.165, 1.54) is 0 Å². The fraction of sp³-hybridized carbons (Fsp3) is 0.700. The second-order valence-corrected chi connectivity index (χ2v) is 8.11. The van der Waals surface area contributed by atoms with E-state index in [9.17, 15) is 4.79 Å². The number of ether oxygens (including phenoxy) is 3. The number of aromatic nitrogens is 4. The van der Waals surface area contributed by atoms with Gasteiger partial charge in [-0.2, -0.15) is 4.52 Å². The van der Waals surface area contributed by atoms with Crippen molar-refractivity contribution in [1.29, 1.82) is 0 Å². The Balaban J connectivity index is 1.19. The fourth-order valence-corrected chi connectivity index (χ4v) is 4.36. The molecular weight excluding hydrogens is 388 g/mol. The molecule has 5 rings (SSSR count). The highest BCUT2D eigenvalue weighted by molar-refractivity contribution is 5.76. The second-order valence-electron chi connectivity index (χ2n) is 8.11. The van der Waals surface area contributed by atoms with Crippen molar-refractivity contribution < 1.29 is 19.0 Å². The van der Waals surface area contributed by atoms with Gasteiger partial charge >= 0.3 is 0 Å². The van der Waals surface area contributed by atoms with Crippen LogP contribution in [0.15, 0.2) is 12.1 Å². The van der Waals surface area contributed by atoms with Crippen LogP contribution in [0.4, 0.5) is 5.82 Å². The summed E-state index contributed by atoms with van der Waals surface area (Å²) in [5.41, 5.74) is 0.685. The van der Waals surface area contributed by atoms with Gasteiger partial charge in [0.25, 0.3) is 0 Å². The largest absolute Gasteiger partial charge is 0.376 e. The Hall–Kier alpha value is -2.30. The minimum Gasteiger partial charge on any atom is -0.376 e. The van der Waals surface area contributed by atoms with Crippen LogP contribution in [0.5, 0.6) is 0 Å². The Morgan fingerprint density at radius 2 is 2.00 bits per heavy atom. The molecule has 10 nitrogen and oxygen atoms in total. The van der Waals surface area contributed by atoms with E-state index in [1.807, 2.05) is 12.1 Å². The first-order chi connectivity index (χ1) is 14.7. The molecule has 3 fully saturated rings. The molecule has 1 amide bonds. The van der Waals surface area contributed by atoms with Crippen LogP contribution in [-0.4, -0.2) is 77.1 Å². The van der Waals surface area contributed by atoms with Crippen molar-refractivity contribution in [3.63, 3.8) is 0 Å². The molecule has 30 heavy (non-hydrogen) atoms. The molecule has 3 saturated heterocycles. The quantitative estimate of drug-likeness (QED) is 0.734. The van der Waals surface area contributed by atoms with Crippen molar-refractivity contribution in [2.45, 2.75) is 50.4 Å². The Kier molecular flexibility index (Phi) is 5.53. The van der Waals surface area contributed by atoms with Gasteiger partial charge in [0.2, 0.25) is 5.91 Å². The third kappa shape index (κ3) is 4.12. The standard InChI is InChI=1S/C20H28N6O4/c27-19(21-14-15-2-1-11-28-15)6-5-17-23-22-16-3-4-18(24-26(16)17)25-9-7-20(8-10-25)29-12-13-30-20/h3-4,15H,1-2,5-14H2,(H,21,27)/t15-/m0/s1. The zero-order chi connectivity index (χ0) is 20.4. The number of rotatable bonds is 6. The number of amides is 1. The lowest BCUT2D eigenvalue weighted by Crippen LogP contribution is -2.45. The minimum absolute atomic E-state index is 0.00343. The molecule has 0 unspecified atom stereocenters. The van der Waals surface area contributed by atoms with Crippen molar-refractivity contribution >= 4 is 17.4 Å². The zero-order valence-electron chi connectivity index (χ0n) is 17.1. The summed E-state index contributed by atoms with van der Waals surface area (Å²) in [5, 5.41) is 16.1. The van der Waals surface area contributed by atoms with E-state index in [1.54, 1.807) is 4.52 Å². The molecule has 0 aromatic carbocycles. The molecule has 5 heterocycles. The van der Waals surface area contributed by atoms with Crippen molar-refractivity contribution in [3.8, 4) is 0 Å². The smallest absolute Gasteiger partial charge is 0.220 e. The molecule has 1 atom stereocenters. The molecule has 0 aliphatic carbocycles. The van der Waals surface area contributed by atoms with Gasteiger partial charge in [-0.3, -0.25) is 4.79 Å². The number of carbonyl (C=O) groups excluding carboxylic acids is 1. The first-order valence-corrected chi connectivity index (χ1v) is 10.8. The second kappa shape index (κ2) is 8.44. The molecule has 0 bridgehead atoms. The number of nitrogens with zero attached hydrogens (tertiary/aromatic N) is 5. The van der Waals surface area contributed by atoms with Gasteiger partial charge in [-0.15, -0.1) is 15.3 Å². The van der Waals surface area contributed by atoms with Crippen molar-refractivity contribution in [3.05, 3.63) is 18.0 Å². The first-order valence-electron chi connectivity index (χ1n) is 10.8. The summed E-state index contributed by atoms with van der Waals surface area (Å²) < 4.78 is 18.9. The van der Waals surface area contributed by atoms with E-state index < -0.39 is 5.79 Å². The van der Waals surface area contributed by atoms with Gasteiger partial charge in [-0.05, 0) is 25.0 Å². The number of hydrogen-bond donors (Lipinski definition) is 1. The van der Waals surface area contributed by atoms with E-state index in [2.05, 4.69) is 20.4 Å². The molecule has 0 saturated carbocycles. The Labute approximate surface area is 174 Å². The minimum atomic E-state index is -0.404. The maximum absolute atomic E-state index is 12.2. The van der Waals surface area contributed by atoms with Crippen LogP contribution in [0.25, 0.3) is 5.65 Å². The van der Waals surface area contributed by atoms with Crippen molar-refractivity contribution in [1.82, 2.24) is 25.1 Å². The molecule has 162 valence electrons. The number of carbonyl (C=O) groups is 1. The number of fused-ring (bicyclic) bond motifs is 1. The molecular formula is C20H28N6O4. The number of nitrogens with one attached hydrogen (secondary N) is 1. The molecule has 0 radical (unpaired) electrons. The monoisotopic (exact) mass is 416 g/mol. The summed E-state index contributed by atoms with van der Waals surface area (Å²) in [7, 11) is 0. The van der Waals surface area contributed by atoms with E-state index in [0.29, 0.717) is 44.1 Å². The normalized spacial score (nSPS) is 23.5. The summed E-state index contributed by atoms with van der Waals surface area (Å²) in [4.78, 5) is 14.4. The Bertz CT molecular complexity index is 881. The van der Waals surface area contributed by atoms with Crippen LogP contribution < -0.4 is 10.2 Å². The molecule has 2 aromatic heterocycles. The number of aryl methyl sites for hydroxylation is 1. The van der Waals surface area contributed by atoms with Gasteiger partial charge < -0.3 is 24.4 Å². The zero-order valence-corrected chi connectivity index (χ0v) is 17.1. The average Bonchev–Trinajstić information content (AvgIpc) is 3.53. The topological polar surface area (TPSA) is 103 Å². The summed E-state index contributed by atoms with van der Waals surface area (Å²) >= 11 is 0. The van der Waals surface area contributed by atoms with Crippen LogP contribution >= 0.6 is 0 Å². The van der Waals surface area contributed by atoms with E-state index in [0.717, 1.165) is 51.2 Å². The molecule has 3 aliphatic heterocycles. The first kappa shape index (κ1) is 19.7. The maximum atomic E-state index is 12.2. The molecule has 10 heteroatoms. The van der Waals surface area contributed by atoms with Crippen LogP contribution in [0.1, 0.15) is 37.9 Å². The highest BCUT2D eigenvalue weighted by Gasteiger charge is 2.40. The fourth-order valence-electron chi connectivity index (χ4n) is 4.36. The van der Waals surface area contributed by atoms with Crippen LogP contribution in [0.2, 0.25) is 0 Å². The lowest BCUT2D eigenvalue weighted by Gasteiger charge is -2.38. The average molecular weight is 416 g/mol. The summed E-state index contributed by atoms with van der Waals surface area (Å²) in [6, 6.07) is 3.89. The van der Waals surface area contributed by atoms with E-state index in [4.69, 9.17) is 19.3 Å². The summed E-state index contributed by atoms with van der Waals surface area (Å²) in [6.45, 7) is 4.36. The highest BCUT2D eigenvalue weighted by atomic mass is 16.7. The number of hydrogen-bond acceptors (Lipinski definition) is 8. The van der Waals surface area contributed by atoms with Gasteiger partial charge in [0.1, 0.15) is 5.82 Å². The van der Waals surface area contributed by atoms with Gasteiger partial charge in [-0.1, -0.05) is 0 Å². The van der Waals surface area contributed by atoms with E-state index in [-0.39, 0.29) is 12.0 Å². The van der Waals surface area contributed by atoms with Crippen LogP contribution in [-0.2, 0) is 25.4 Å². The third-order valence-electron chi connectivity index (χ3n) is 6.10. The third-order valence-corrected chi connectivity index (χ3v) is 6.10. The van der Waals surface area contributed by atoms with Gasteiger partial charge in [0.05, 0.1) is 19.3 Å². The summed E-state index contributed by atoms with van der Waals surface area (Å²) in [6.07, 6.45) is 4.71.